The number of sulfone groups is 1. The summed E-state index contributed by atoms with van der Waals surface area (Å²) in [6.45, 7) is 4.45. The van der Waals surface area contributed by atoms with Crippen LogP contribution in [-0.2, 0) is 29.9 Å². The van der Waals surface area contributed by atoms with Crippen molar-refractivity contribution in [3.8, 4) is 5.75 Å². The predicted molar refractivity (Wildman–Crippen MR) is 139 cm³/mol. The van der Waals surface area contributed by atoms with Crippen LogP contribution in [0.5, 0.6) is 5.75 Å². The summed E-state index contributed by atoms with van der Waals surface area (Å²) in [5, 5.41) is 17.2. The van der Waals surface area contributed by atoms with Crippen molar-refractivity contribution in [2.45, 2.75) is 29.7 Å². The average Bonchev–Trinajstić information content (AvgIpc) is 3.10. The number of hydrogen-bond acceptors (Lipinski definition) is 9. The SMILES string of the molecule is O=C(O)C(F)(F)F.O=C(OCCCCN1CCOCC1)c1ccc(CS(=O)(=O)c2c(Cl)sc(Cl)c2Cl)cc1O. The molecular formula is C22H23Cl3F3NO8S2. The average molecular weight is 657 g/mol. The van der Waals surface area contributed by atoms with Crippen molar-refractivity contribution in [2.75, 3.05) is 39.5 Å². The molecule has 2 aromatic rings. The number of carbonyl (C=O) groups excluding carboxylic acids is 1. The molecule has 9 nitrogen and oxygen atoms in total. The van der Waals surface area contributed by atoms with E-state index in [9.17, 15) is 31.5 Å². The molecule has 17 heteroatoms. The van der Waals surface area contributed by atoms with Gasteiger partial charge in [0, 0.05) is 13.1 Å². The Bertz CT molecular complexity index is 1270. The summed E-state index contributed by atoms with van der Waals surface area (Å²) in [4.78, 5) is 23.2. The zero-order chi connectivity index (χ0) is 29.4. The quantitative estimate of drug-likeness (QED) is 0.273. The van der Waals surface area contributed by atoms with Gasteiger partial charge < -0.3 is 19.7 Å². The number of alkyl halides is 3. The van der Waals surface area contributed by atoms with Crippen molar-refractivity contribution >= 4 is 67.9 Å². The molecule has 0 spiro atoms. The minimum atomic E-state index is -5.08. The number of phenolic OH excluding ortho intramolecular Hbond substituents is 1. The van der Waals surface area contributed by atoms with Gasteiger partial charge in [-0.25, -0.2) is 18.0 Å². The Morgan fingerprint density at radius 1 is 1.10 bits per heavy atom. The van der Waals surface area contributed by atoms with E-state index in [-0.39, 0.29) is 42.1 Å². The third-order valence-corrected chi connectivity index (χ3v) is 9.42. The highest BCUT2D eigenvalue weighted by atomic mass is 35.5. The van der Waals surface area contributed by atoms with E-state index in [0.29, 0.717) is 6.42 Å². The zero-order valence-corrected chi connectivity index (χ0v) is 23.9. The van der Waals surface area contributed by atoms with Gasteiger partial charge in [-0.15, -0.1) is 11.3 Å². The van der Waals surface area contributed by atoms with Gasteiger partial charge in [-0.3, -0.25) is 4.90 Å². The predicted octanol–water partition coefficient (Wildman–Crippen LogP) is 5.29. The van der Waals surface area contributed by atoms with Gasteiger partial charge in [0.05, 0.1) is 30.6 Å². The van der Waals surface area contributed by atoms with E-state index in [1.165, 1.54) is 18.2 Å². The van der Waals surface area contributed by atoms with Crippen LogP contribution >= 0.6 is 46.1 Å². The fraction of sp³-hybridized carbons (Fsp3) is 0.455. The van der Waals surface area contributed by atoms with Crippen LogP contribution < -0.4 is 0 Å². The maximum atomic E-state index is 12.7. The molecule has 1 fully saturated rings. The molecule has 1 aromatic heterocycles. The number of halogens is 6. The van der Waals surface area contributed by atoms with Gasteiger partial charge in [0.1, 0.15) is 24.9 Å². The second-order valence-corrected chi connectivity index (χ2v) is 12.5. The molecule has 2 heterocycles. The summed E-state index contributed by atoms with van der Waals surface area (Å²) < 4.78 is 67.7. The number of unbranched alkanes of at least 4 members (excludes halogenated alkanes) is 1. The molecule has 3 rings (SSSR count). The van der Waals surface area contributed by atoms with E-state index in [1.54, 1.807) is 0 Å². The Hall–Kier alpha value is -1.81. The van der Waals surface area contributed by atoms with Crippen molar-refractivity contribution in [1.29, 1.82) is 0 Å². The highest BCUT2D eigenvalue weighted by Gasteiger charge is 2.38. The molecule has 39 heavy (non-hydrogen) atoms. The van der Waals surface area contributed by atoms with Crippen LogP contribution in [0.2, 0.25) is 13.7 Å². The van der Waals surface area contributed by atoms with E-state index < -0.39 is 33.7 Å². The van der Waals surface area contributed by atoms with E-state index in [1.807, 2.05) is 0 Å². The van der Waals surface area contributed by atoms with Crippen molar-refractivity contribution in [1.82, 2.24) is 4.90 Å². The Balaban J connectivity index is 0.000000673. The molecule has 0 radical (unpaired) electrons. The first-order valence-corrected chi connectivity index (χ1v) is 14.7. The van der Waals surface area contributed by atoms with Gasteiger partial charge in [-0.05, 0) is 37.1 Å². The largest absolute Gasteiger partial charge is 0.507 e. The number of phenols is 1. The molecule has 0 bridgehead atoms. The lowest BCUT2D eigenvalue weighted by Crippen LogP contribution is -2.36. The fourth-order valence-electron chi connectivity index (χ4n) is 3.24. The monoisotopic (exact) mass is 655 g/mol. The van der Waals surface area contributed by atoms with Crippen LogP contribution in [0, 0.1) is 0 Å². The normalized spacial score (nSPS) is 14.4. The summed E-state index contributed by atoms with van der Waals surface area (Å²) in [6.07, 6.45) is -3.50. The molecule has 0 saturated carbocycles. The summed E-state index contributed by atoms with van der Waals surface area (Å²) in [7, 11) is -3.91. The van der Waals surface area contributed by atoms with Crippen LogP contribution in [0.3, 0.4) is 0 Å². The van der Waals surface area contributed by atoms with Crippen molar-refractivity contribution in [2.24, 2.45) is 0 Å². The van der Waals surface area contributed by atoms with E-state index in [4.69, 9.17) is 54.2 Å². The third-order valence-electron chi connectivity index (χ3n) is 5.13. The first-order valence-electron chi connectivity index (χ1n) is 11.1. The number of hydrogen-bond donors (Lipinski definition) is 2. The fourth-order valence-corrected chi connectivity index (χ4v) is 7.58. The number of rotatable bonds is 9. The first-order chi connectivity index (χ1) is 18.1. The number of morpholine rings is 1. The maximum absolute atomic E-state index is 12.7. The van der Waals surface area contributed by atoms with Gasteiger partial charge >= 0.3 is 18.1 Å². The van der Waals surface area contributed by atoms with Gasteiger partial charge in [0.2, 0.25) is 0 Å². The maximum Gasteiger partial charge on any atom is 0.490 e. The number of carbonyl (C=O) groups is 2. The van der Waals surface area contributed by atoms with Crippen LogP contribution in [0.4, 0.5) is 13.2 Å². The molecule has 2 N–H and O–H groups in total. The number of ether oxygens (including phenoxy) is 2. The number of aliphatic carboxylic acids is 1. The van der Waals surface area contributed by atoms with Crippen LogP contribution in [0.1, 0.15) is 28.8 Å². The van der Waals surface area contributed by atoms with Gasteiger partial charge in [0.25, 0.3) is 0 Å². The van der Waals surface area contributed by atoms with E-state index in [2.05, 4.69) is 4.90 Å². The highest BCUT2D eigenvalue weighted by molar-refractivity contribution is 7.91. The Kier molecular flexibility index (Phi) is 12.6. The molecule has 0 atom stereocenters. The minimum absolute atomic E-state index is 0.0296. The van der Waals surface area contributed by atoms with Crippen molar-refractivity contribution < 1.29 is 50.9 Å². The zero-order valence-electron chi connectivity index (χ0n) is 20.0. The number of nitrogens with zero attached hydrogens (tertiary/aromatic N) is 1. The number of carboxylic acid groups (broad SMARTS) is 1. The first kappa shape index (κ1) is 33.4. The number of thiophene rings is 1. The number of carboxylic acids is 1. The number of benzene rings is 1. The lowest BCUT2D eigenvalue weighted by molar-refractivity contribution is -0.192. The summed E-state index contributed by atoms with van der Waals surface area (Å²) in [5.74, 6) is -4.26. The van der Waals surface area contributed by atoms with Crippen LogP contribution in [0.25, 0.3) is 0 Å². The molecule has 1 aromatic carbocycles. The smallest absolute Gasteiger partial charge is 0.490 e. The molecule has 0 amide bonds. The van der Waals surface area contributed by atoms with Gasteiger partial charge in [0.15, 0.2) is 9.84 Å². The lowest BCUT2D eigenvalue weighted by Gasteiger charge is -2.26. The third kappa shape index (κ3) is 10.3. The standard InChI is InChI=1S/C20H22Cl3NO6S2.C2HF3O2/c21-16-17(19(23)31-18(16)22)32(27,28)12-13-3-4-14(15(25)11-13)20(26)30-8-2-1-5-24-6-9-29-10-7-24;3-2(4,5)1(6)7/h3-4,11,25H,1-2,5-10,12H2;(H,6,7). The van der Waals surface area contributed by atoms with E-state index in [0.717, 1.165) is 50.6 Å². The summed E-state index contributed by atoms with van der Waals surface area (Å²) >= 11 is 18.7. The second-order valence-electron chi connectivity index (χ2n) is 8.00. The van der Waals surface area contributed by atoms with Gasteiger partial charge in [-0.1, -0.05) is 40.9 Å². The molecule has 218 valence electrons. The molecule has 1 aliphatic rings. The number of esters is 1. The molecule has 0 aliphatic carbocycles. The lowest BCUT2D eigenvalue weighted by atomic mass is 10.1. The van der Waals surface area contributed by atoms with E-state index >= 15 is 0 Å². The molecule has 1 aliphatic heterocycles. The molecule has 1 saturated heterocycles. The Morgan fingerprint density at radius 3 is 2.23 bits per heavy atom. The second kappa shape index (κ2) is 14.7. The number of aromatic hydroxyl groups is 1. The topological polar surface area (TPSA) is 130 Å². The minimum Gasteiger partial charge on any atom is -0.507 e. The highest BCUT2D eigenvalue weighted by Crippen LogP contribution is 2.43. The van der Waals surface area contributed by atoms with Crippen LogP contribution in [-0.4, -0.2) is 81.1 Å². The van der Waals surface area contributed by atoms with Gasteiger partial charge in [-0.2, -0.15) is 13.2 Å². The summed E-state index contributed by atoms with van der Waals surface area (Å²) in [5.41, 5.74) is 0.230. The Labute approximate surface area is 240 Å². The van der Waals surface area contributed by atoms with Crippen LogP contribution in [0.15, 0.2) is 23.1 Å². The van der Waals surface area contributed by atoms with Crippen molar-refractivity contribution in [3.05, 3.63) is 43.0 Å². The summed E-state index contributed by atoms with van der Waals surface area (Å²) in [6, 6.07) is 3.98. The van der Waals surface area contributed by atoms with Crippen molar-refractivity contribution in [3.63, 3.8) is 0 Å². The molecule has 0 unspecified atom stereocenters. The Morgan fingerprint density at radius 2 is 1.72 bits per heavy atom. The molecular weight excluding hydrogens is 634 g/mol.